The fourth-order valence-corrected chi connectivity index (χ4v) is 7.03. The molecule has 0 spiro atoms. The first-order valence-electron chi connectivity index (χ1n) is 15.3. The second-order valence-corrected chi connectivity index (χ2v) is 12.5. The minimum atomic E-state index is -4.58. The summed E-state index contributed by atoms with van der Waals surface area (Å²) in [4.78, 5) is 19.9. The van der Waals surface area contributed by atoms with Gasteiger partial charge in [-0.2, -0.15) is 23.5 Å². The summed E-state index contributed by atoms with van der Waals surface area (Å²) in [6.07, 6.45) is 5.82. The van der Waals surface area contributed by atoms with E-state index in [-0.39, 0.29) is 12.0 Å². The number of β-amino-alcohol motifs (C(OH)–C–C–N with tert-alkyl or cyclic N) is 1. The number of aromatic amines is 1. The van der Waals surface area contributed by atoms with Gasteiger partial charge in [0.05, 0.1) is 30.5 Å². The molecular formula is C31H34F3N9O2. The summed E-state index contributed by atoms with van der Waals surface area (Å²) >= 11 is 0. The van der Waals surface area contributed by atoms with Crippen molar-refractivity contribution in [3.8, 4) is 23.2 Å². The Labute approximate surface area is 257 Å². The van der Waals surface area contributed by atoms with Crippen LogP contribution >= 0.6 is 0 Å². The van der Waals surface area contributed by atoms with E-state index in [0.29, 0.717) is 70.0 Å². The number of likely N-dealkylation sites (tertiary alicyclic amines) is 2. The maximum Gasteiger partial charge on any atom is 0.433 e. The van der Waals surface area contributed by atoms with Crippen LogP contribution < -0.4 is 4.74 Å². The number of aliphatic hydroxyl groups excluding tert-OH is 1. The third kappa shape index (κ3) is 5.99. The molecule has 1 aliphatic carbocycles. The lowest BCUT2D eigenvalue weighted by molar-refractivity contribution is -0.141. The van der Waals surface area contributed by atoms with Gasteiger partial charge in [0, 0.05) is 68.2 Å². The largest absolute Gasteiger partial charge is 0.474 e. The Balaban J connectivity index is 0.982. The van der Waals surface area contributed by atoms with E-state index in [2.05, 4.69) is 36.0 Å². The van der Waals surface area contributed by atoms with Gasteiger partial charge in [0.25, 0.3) is 0 Å². The van der Waals surface area contributed by atoms with Crippen molar-refractivity contribution in [1.82, 2.24) is 39.5 Å². The molecule has 7 rings (SSSR count). The topological polar surface area (TPSA) is 132 Å². The molecule has 4 aromatic rings. The first-order chi connectivity index (χ1) is 21.7. The van der Waals surface area contributed by atoms with Crippen molar-refractivity contribution >= 4 is 11.0 Å². The molecule has 1 atom stereocenters. The molecule has 0 amide bonds. The van der Waals surface area contributed by atoms with E-state index >= 15 is 0 Å². The van der Waals surface area contributed by atoms with Gasteiger partial charge in [-0.3, -0.25) is 14.5 Å². The summed E-state index contributed by atoms with van der Waals surface area (Å²) in [5, 5.41) is 25.0. The number of hydrogen-bond acceptors (Lipinski definition) is 9. The van der Waals surface area contributed by atoms with Crippen molar-refractivity contribution in [3.05, 3.63) is 54.4 Å². The standard InChI is InChI=1S/C31H34F3N9O2/c32-31(33,34)26-11-20(14-41-10-6-23(44)16-41)12-27(40-26)45-24-3-1-22(2-4-24)42-17-30(18-42,7-8-35)43-15-21(13-39-43)28-25-5-9-36-29(25)38-19-37-28/h5,9,11-13,15,19,22-24,44H,1-4,6-7,10,14,16-18H2,(H,36,37,38). The molecule has 6 heterocycles. The van der Waals surface area contributed by atoms with Crippen molar-refractivity contribution in [2.24, 2.45) is 0 Å². The van der Waals surface area contributed by atoms with Gasteiger partial charge in [0.15, 0.2) is 0 Å². The SMILES string of the molecule is N#CCC1(n2cc(-c3ncnc4[nH]ccc34)cn2)CN(C2CCC(Oc3cc(CN4CCC(O)C4)cc(C(F)(F)F)n3)CC2)C1. The van der Waals surface area contributed by atoms with E-state index in [9.17, 15) is 23.5 Å². The lowest BCUT2D eigenvalue weighted by Gasteiger charge is -2.53. The molecule has 2 saturated heterocycles. The first kappa shape index (κ1) is 29.6. The van der Waals surface area contributed by atoms with Crippen molar-refractivity contribution in [2.45, 2.75) is 75.0 Å². The van der Waals surface area contributed by atoms with Crippen LogP contribution in [0.3, 0.4) is 0 Å². The molecule has 236 valence electrons. The minimum absolute atomic E-state index is 0.00454. The van der Waals surface area contributed by atoms with Gasteiger partial charge >= 0.3 is 6.18 Å². The normalized spacial score (nSPS) is 24.0. The predicted molar refractivity (Wildman–Crippen MR) is 157 cm³/mol. The zero-order chi connectivity index (χ0) is 31.2. The zero-order valence-electron chi connectivity index (χ0n) is 24.6. The molecular weight excluding hydrogens is 587 g/mol. The summed E-state index contributed by atoms with van der Waals surface area (Å²) in [5.74, 6) is -0.00454. The molecule has 3 aliphatic rings. The number of aromatic nitrogens is 6. The number of nitriles is 1. The number of fused-ring (bicyclic) bond motifs is 1. The number of aliphatic hydroxyl groups is 1. The fraction of sp³-hybridized carbons (Fsp3) is 0.516. The quantitative estimate of drug-likeness (QED) is 0.298. The number of nitrogens with one attached hydrogen (secondary N) is 1. The highest BCUT2D eigenvalue weighted by atomic mass is 19.4. The maximum absolute atomic E-state index is 13.7. The Bertz CT molecular complexity index is 1700. The van der Waals surface area contributed by atoms with Crippen LogP contribution in [0.4, 0.5) is 13.2 Å². The molecule has 1 saturated carbocycles. The Kier molecular flexibility index (Phi) is 7.71. The smallest absolute Gasteiger partial charge is 0.433 e. The number of hydrogen-bond donors (Lipinski definition) is 2. The van der Waals surface area contributed by atoms with Gasteiger partial charge in [-0.25, -0.2) is 15.0 Å². The van der Waals surface area contributed by atoms with Gasteiger partial charge in [-0.1, -0.05) is 0 Å². The summed E-state index contributed by atoms with van der Waals surface area (Å²) in [6.45, 7) is 2.75. The number of H-pyrrole nitrogens is 1. The number of halogens is 3. The predicted octanol–water partition coefficient (Wildman–Crippen LogP) is 4.12. The van der Waals surface area contributed by atoms with Crippen LogP contribution in [-0.2, 0) is 18.3 Å². The Morgan fingerprint density at radius 2 is 1.96 bits per heavy atom. The molecule has 14 heteroatoms. The highest BCUT2D eigenvalue weighted by Gasteiger charge is 2.48. The third-order valence-electron chi connectivity index (χ3n) is 9.35. The Hall–Kier alpha value is -4.06. The van der Waals surface area contributed by atoms with Crippen LogP contribution in [0, 0.1) is 11.3 Å². The van der Waals surface area contributed by atoms with Gasteiger partial charge in [-0.15, -0.1) is 0 Å². The Morgan fingerprint density at radius 1 is 1.13 bits per heavy atom. The molecule has 45 heavy (non-hydrogen) atoms. The molecule has 2 N–H and O–H groups in total. The van der Waals surface area contributed by atoms with Crippen LogP contribution in [0.15, 0.2) is 43.1 Å². The monoisotopic (exact) mass is 621 g/mol. The van der Waals surface area contributed by atoms with Gasteiger partial charge in [0.1, 0.15) is 29.3 Å². The molecule has 3 fully saturated rings. The maximum atomic E-state index is 13.7. The zero-order valence-corrected chi connectivity index (χ0v) is 24.6. The molecule has 2 aliphatic heterocycles. The van der Waals surface area contributed by atoms with E-state index < -0.39 is 23.5 Å². The van der Waals surface area contributed by atoms with E-state index in [0.717, 1.165) is 41.2 Å². The Morgan fingerprint density at radius 3 is 2.69 bits per heavy atom. The number of nitrogens with zero attached hydrogens (tertiary/aromatic N) is 8. The summed E-state index contributed by atoms with van der Waals surface area (Å²) in [6, 6.07) is 7.24. The number of pyridine rings is 1. The molecule has 0 bridgehead atoms. The molecule has 0 aromatic carbocycles. The lowest BCUT2D eigenvalue weighted by atomic mass is 9.82. The van der Waals surface area contributed by atoms with Crippen molar-refractivity contribution < 1.29 is 23.0 Å². The number of rotatable bonds is 8. The van der Waals surface area contributed by atoms with E-state index in [1.54, 1.807) is 12.3 Å². The summed E-state index contributed by atoms with van der Waals surface area (Å²) < 4.78 is 48.9. The molecule has 4 aromatic heterocycles. The lowest BCUT2D eigenvalue weighted by Crippen LogP contribution is -2.65. The van der Waals surface area contributed by atoms with Crippen molar-refractivity contribution in [3.63, 3.8) is 0 Å². The highest BCUT2D eigenvalue weighted by molar-refractivity contribution is 5.90. The third-order valence-corrected chi connectivity index (χ3v) is 9.35. The minimum Gasteiger partial charge on any atom is -0.474 e. The fourth-order valence-electron chi connectivity index (χ4n) is 7.03. The molecule has 11 nitrogen and oxygen atoms in total. The van der Waals surface area contributed by atoms with Crippen molar-refractivity contribution in [1.29, 1.82) is 5.26 Å². The van der Waals surface area contributed by atoms with E-state index in [1.165, 1.54) is 6.33 Å². The van der Waals surface area contributed by atoms with E-state index in [1.807, 2.05) is 28.0 Å². The average Bonchev–Trinajstić information content (AvgIpc) is 3.76. The van der Waals surface area contributed by atoms with Crippen LogP contribution in [0.25, 0.3) is 22.3 Å². The van der Waals surface area contributed by atoms with Crippen LogP contribution in [-0.4, -0.2) is 89.1 Å². The van der Waals surface area contributed by atoms with Crippen LogP contribution in [0.2, 0.25) is 0 Å². The second-order valence-electron chi connectivity index (χ2n) is 12.5. The summed E-state index contributed by atoms with van der Waals surface area (Å²) in [5.41, 5.74) is 1.47. The molecule has 1 unspecified atom stereocenters. The van der Waals surface area contributed by atoms with Crippen LogP contribution in [0.5, 0.6) is 5.88 Å². The van der Waals surface area contributed by atoms with Gasteiger partial charge < -0.3 is 14.8 Å². The number of alkyl halides is 3. The van der Waals surface area contributed by atoms with Crippen molar-refractivity contribution in [2.75, 3.05) is 26.2 Å². The summed E-state index contributed by atoms with van der Waals surface area (Å²) in [7, 11) is 0. The van der Waals surface area contributed by atoms with Crippen LogP contribution in [0.1, 0.15) is 49.8 Å². The number of ether oxygens (including phenoxy) is 1. The van der Waals surface area contributed by atoms with Gasteiger partial charge in [0.2, 0.25) is 5.88 Å². The first-order valence-corrected chi connectivity index (χ1v) is 15.3. The average molecular weight is 622 g/mol. The van der Waals surface area contributed by atoms with Gasteiger partial charge in [-0.05, 0) is 49.8 Å². The second kappa shape index (κ2) is 11.7. The highest BCUT2D eigenvalue weighted by Crippen LogP contribution is 2.39. The molecule has 0 radical (unpaired) electrons. The van der Waals surface area contributed by atoms with E-state index in [4.69, 9.17) is 4.74 Å².